The molecule has 0 bridgehead atoms. The molecule has 0 aliphatic carbocycles. The maximum atomic E-state index is 13.7. The van der Waals surface area contributed by atoms with Crippen molar-refractivity contribution in [3.63, 3.8) is 0 Å². The van der Waals surface area contributed by atoms with Crippen molar-refractivity contribution in [2.75, 3.05) is 5.32 Å². The van der Waals surface area contributed by atoms with Crippen LogP contribution in [-0.4, -0.2) is 11.1 Å². The first-order chi connectivity index (χ1) is 9.65. The van der Waals surface area contributed by atoms with Crippen molar-refractivity contribution >= 4 is 34.3 Å². The topological polar surface area (TPSA) is 55.1 Å². The molecule has 100 valence electrons. The van der Waals surface area contributed by atoms with Crippen LogP contribution in [0.1, 0.15) is 10.4 Å². The summed E-state index contributed by atoms with van der Waals surface area (Å²) in [5.74, 6) is -0.867. The third-order valence-corrected chi connectivity index (χ3v) is 3.04. The Morgan fingerprint density at radius 1 is 1.20 bits per heavy atom. The molecule has 1 amide bonds. The molecule has 6 heteroatoms. The zero-order valence-electron chi connectivity index (χ0n) is 10.1. The number of carbonyl (C=O) groups is 1. The van der Waals surface area contributed by atoms with Gasteiger partial charge < -0.3 is 9.84 Å². The minimum Gasteiger partial charge on any atom is -0.354 e. The molecule has 3 rings (SSSR count). The van der Waals surface area contributed by atoms with E-state index in [1.807, 2.05) is 0 Å². The molecule has 1 aromatic heterocycles. The second-order valence-electron chi connectivity index (χ2n) is 4.11. The van der Waals surface area contributed by atoms with Crippen LogP contribution in [0.4, 0.5) is 10.2 Å². The predicted octanol–water partition coefficient (Wildman–Crippen LogP) is 3.87. The van der Waals surface area contributed by atoms with E-state index in [1.165, 1.54) is 12.1 Å². The Hall–Kier alpha value is -2.40. The van der Waals surface area contributed by atoms with Gasteiger partial charge in [0.25, 0.3) is 5.91 Å². The number of fused-ring (bicyclic) bond motifs is 1. The lowest BCUT2D eigenvalue weighted by Gasteiger charge is -2.02. The van der Waals surface area contributed by atoms with Crippen LogP contribution in [0.3, 0.4) is 0 Å². The minimum atomic E-state index is -0.504. The Kier molecular flexibility index (Phi) is 3.12. The number of nitrogens with zero attached hydrogens (tertiary/aromatic N) is 1. The highest BCUT2D eigenvalue weighted by molar-refractivity contribution is 6.30. The number of aromatic nitrogens is 1. The number of hydrogen-bond donors (Lipinski definition) is 1. The Bertz CT molecular complexity index is 783. The number of carbonyl (C=O) groups excluding carboxylic acids is 1. The predicted molar refractivity (Wildman–Crippen MR) is 73.4 cm³/mol. The molecule has 1 N–H and O–H groups in total. The van der Waals surface area contributed by atoms with Crippen LogP contribution >= 0.6 is 11.6 Å². The largest absolute Gasteiger partial charge is 0.354 e. The molecule has 3 aromatic rings. The highest BCUT2D eigenvalue weighted by Gasteiger charge is 2.15. The molecule has 2 aromatic carbocycles. The lowest BCUT2D eigenvalue weighted by Crippen LogP contribution is -2.12. The SMILES string of the molecule is O=C(Nc1noc2cccc(F)c12)c1ccc(Cl)cc1. The van der Waals surface area contributed by atoms with Crippen molar-refractivity contribution in [3.05, 3.63) is 58.9 Å². The molecule has 20 heavy (non-hydrogen) atoms. The van der Waals surface area contributed by atoms with Gasteiger partial charge in [-0.1, -0.05) is 22.8 Å². The van der Waals surface area contributed by atoms with E-state index in [1.54, 1.807) is 30.3 Å². The molecular weight excluding hydrogens is 283 g/mol. The third-order valence-electron chi connectivity index (χ3n) is 2.79. The molecular formula is C14H8ClFN2O2. The van der Waals surface area contributed by atoms with Gasteiger partial charge in [-0.25, -0.2) is 4.39 Å². The molecule has 0 saturated carbocycles. The first-order valence-electron chi connectivity index (χ1n) is 5.76. The average Bonchev–Trinajstić information content (AvgIpc) is 2.84. The van der Waals surface area contributed by atoms with Crippen LogP contribution in [-0.2, 0) is 0 Å². The molecule has 0 atom stereocenters. The summed E-state index contributed by atoms with van der Waals surface area (Å²) in [4.78, 5) is 12.0. The summed E-state index contributed by atoms with van der Waals surface area (Å²) in [6, 6.07) is 10.7. The van der Waals surface area contributed by atoms with E-state index in [4.69, 9.17) is 16.1 Å². The monoisotopic (exact) mass is 290 g/mol. The lowest BCUT2D eigenvalue weighted by atomic mass is 10.2. The van der Waals surface area contributed by atoms with Gasteiger partial charge in [-0.2, -0.15) is 0 Å². The summed E-state index contributed by atoms with van der Waals surface area (Å²) in [7, 11) is 0. The van der Waals surface area contributed by atoms with E-state index in [2.05, 4.69) is 10.5 Å². The highest BCUT2D eigenvalue weighted by Crippen LogP contribution is 2.25. The van der Waals surface area contributed by atoms with Crippen molar-refractivity contribution in [2.45, 2.75) is 0 Å². The van der Waals surface area contributed by atoms with Crippen LogP contribution in [0.2, 0.25) is 5.02 Å². The zero-order chi connectivity index (χ0) is 14.1. The lowest BCUT2D eigenvalue weighted by molar-refractivity contribution is 0.102. The first kappa shape index (κ1) is 12.6. The van der Waals surface area contributed by atoms with Gasteiger partial charge in [0.15, 0.2) is 11.4 Å². The minimum absolute atomic E-state index is 0.0537. The Balaban J connectivity index is 1.93. The number of rotatable bonds is 2. The highest BCUT2D eigenvalue weighted by atomic mass is 35.5. The van der Waals surface area contributed by atoms with Gasteiger partial charge in [-0.15, -0.1) is 0 Å². The molecule has 0 aliphatic heterocycles. The summed E-state index contributed by atoms with van der Waals surface area (Å²) in [5.41, 5.74) is 0.665. The normalized spacial score (nSPS) is 10.7. The van der Waals surface area contributed by atoms with Gasteiger partial charge in [0, 0.05) is 10.6 Å². The molecule has 0 saturated heterocycles. The summed E-state index contributed by atoms with van der Waals surface area (Å²) in [6.07, 6.45) is 0. The van der Waals surface area contributed by atoms with E-state index in [0.29, 0.717) is 10.6 Å². The molecule has 1 heterocycles. The van der Waals surface area contributed by atoms with E-state index in [0.717, 1.165) is 0 Å². The van der Waals surface area contributed by atoms with Crippen LogP contribution < -0.4 is 5.32 Å². The van der Waals surface area contributed by atoms with Gasteiger partial charge in [0.05, 0.1) is 0 Å². The number of anilines is 1. The molecule has 4 nitrogen and oxygen atoms in total. The summed E-state index contributed by atoms with van der Waals surface area (Å²) >= 11 is 5.75. The number of benzene rings is 2. The summed E-state index contributed by atoms with van der Waals surface area (Å²) in [6.45, 7) is 0. The van der Waals surface area contributed by atoms with Crippen molar-refractivity contribution in [2.24, 2.45) is 0 Å². The van der Waals surface area contributed by atoms with Gasteiger partial charge >= 0.3 is 0 Å². The smallest absolute Gasteiger partial charge is 0.256 e. The van der Waals surface area contributed by atoms with Crippen LogP contribution in [0.25, 0.3) is 11.0 Å². The van der Waals surface area contributed by atoms with E-state index in [-0.39, 0.29) is 16.8 Å². The van der Waals surface area contributed by atoms with Crippen LogP contribution in [0.15, 0.2) is 47.0 Å². The van der Waals surface area contributed by atoms with Gasteiger partial charge in [0.1, 0.15) is 11.2 Å². The average molecular weight is 291 g/mol. The fourth-order valence-corrected chi connectivity index (χ4v) is 1.94. The Morgan fingerprint density at radius 2 is 1.95 bits per heavy atom. The van der Waals surface area contributed by atoms with Crippen molar-refractivity contribution in [3.8, 4) is 0 Å². The van der Waals surface area contributed by atoms with E-state index < -0.39 is 11.7 Å². The number of halogens is 2. The quantitative estimate of drug-likeness (QED) is 0.779. The fourth-order valence-electron chi connectivity index (χ4n) is 1.82. The van der Waals surface area contributed by atoms with Crippen LogP contribution in [0.5, 0.6) is 0 Å². The molecule has 0 radical (unpaired) electrons. The van der Waals surface area contributed by atoms with Gasteiger partial charge in [-0.05, 0) is 36.4 Å². The summed E-state index contributed by atoms with van der Waals surface area (Å²) in [5, 5.41) is 6.86. The third kappa shape index (κ3) is 2.23. The molecule has 0 fully saturated rings. The van der Waals surface area contributed by atoms with Crippen molar-refractivity contribution < 1.29 is 13.7 Å². The maximum absolute atomic E-state index is 13.7. The van der Waals surface area contributed by atoms with E-state index in [9.17, 15) is 9.18 Å². The fraction of sp³-hybridized carbons (Fsp3) is 0. The maximum Gasteiger partial charge on any atom is 0.256 e. The Morgan fingerprint density at radius 3 is 2.70 bits per heavy atom. The second kappa shape index (κ2) is 4.94. The second-order valence-corrected chi connectivity index (χ2v) is 4.54. The van der Waals surface area contributed by atoms with Gasteiger partial charge in [-0.3, -0.25) is 4.79 Å². The van der Waals surface area contributed by atoms with Gasteiger partial charge in [0.2, 0.25) is 0 Å². The summed E-state index contributed by atoms with van der Waals surface area (Å²) < 4.78 is 18.7. The van der Waals surface area contributed by atoms with Crippen LogP contribution in [0, 0.1) is 5.82 Å². The number of amides is 1. The van der Waals surface area contributed by atoms with Crippen molar-refractivity contribution in [1.82, 2.24) is 5.16 Å². The number of nitrogens with one attached hydrogen (secondary N) is 1. The Labute approximate surface area is 118 Å². The standard InChI is InChI=1S/C14H8ClFN2O2/c15-9-6-4-8(5-7-9)14(19)17-13-12-10(16)2-1-3-11(12)20-18-13/h1-7H,(H,17,18,19). The zero-order valence-corrected chi connectivity index (χ0v) is 10.8. The number of hydrogen-bond acceptors (Lipinski definition) is 3. The van der Waals surface area contributed by atoms with Crippen molar-refractivity contribution in [1.29, 1.82) is 0 Å². The van der Waals surface area contributed by atoms with E-state index >= 15 is 0 Å². The molecule has 0 spiro atoms. The molecule has 0 aliphatic rings. The first-order valence-corrected chi connectivity index (χ1v) is 6.14. The molecule has 0 unspecified atom stereocenters.